The molecule has 1 aromatic heterocycles. The van der Waals surface area contributed by atoms with E-state index in [0.717, 1.165) is 35.1 Å². The standard InChI is InChI=1S/C16H21N3S/c1-4-9-19(11(2)3)15-12-7-5-6-8-14(12)18-10-13(15)16(17)20/h5-8,10-11H,4,9H2,1-3H3,(H2,17,20). The quantitative estimate of drug-likeness (QED) is 0.855. The molecular weight excluding hydrogens is 266 g/mol. The molecule has 0 saturated carbocycles. The Balaban J connectivity index is 2.74. The van der Waals surface area contributed by atoms with Crippen LogP contribution in [0.2, 0.25) is 0 Å². The first-order valence-corrected chi connectivity index (χ1v) is 7.41. The van der Waals surface area contributed by atoms with Crippen molar-refractivity contribution >= 4 is 33.8 Å². The number of anilines is 1. The lowest BCUT2D eigenvalue weighted by Crippen LogP contribution is -2.33. The van der Waals surface area contributed by atoms with Gasteiger partial charge in [0.1, 0.15) is 4.99 Å². The van der Waals surface area contributed by atoms with E-state index in [1.54, 1.807) is 6.20 Å². The summed E-state index contributed by atoms with van der Waals surface area (Å²) in [5.41, 5.74) is 8.85. The van der Waals surface area contributed by atoms with Crippen molar-refractivity contribution in [2.45, 2.75) is 33.2 Å². The van der Waals surface area contributed by atoms with Gasteiger partial charge in [0.05, 0.1) is 16.8 Å². The normalized spacial score (nSPS) is 11.0. The molecule has 0 radical (unpaired) electrons. The van der Waals surface area contributed by atoms with E-state index in [4.69, 9.17) is 18.0 Å². The number of aromatic nitrogens is 1. The van der Waals surface area contributed by atoms with Crippen molar-refractivity contribution in [3.63, 3.8) is 0 Å². The molecule has 0 bridgehead atoms. The Kier molecular flexibility index (Phi) is 4.55. The number of pyridine rings is 1. The minimum absolute atomic E-state index is 0.383. The molecule has 3 nitrogen and oxygen atoms in total. The summed E-state index contributed by atoms with van der Waals surface area (Å²) in [6.07, 6.45) is 2.87. The van der Waals surface area contributed by atoms with Crippen LogP contribution >= 0.6 is 12.2 Å². The number of thiocarbonyl (C=S) groups is 1. The van der Waals surface area contributed by atoms with Gasteiger partial charge in [-0.3, -0.25) is 4.98 Å². The van der Waals surface area contributed by atoms with Gasteiger partial charge in [0, 0.05) is 24.2 Å². The number of hydrogen-bond acceptors (Lipinski definition) is 3. The molecule has 2 N–H and O–H groups in total. The lowest BCUT2D eigenvalue weighted by molar-refractivity contribution is 0.673. The Morgan fingerprint density at radius 2 is 2.05 bits per heavy atom. The molecule has 2 aromatic rings. The molecule has 0 spiro atoms. The maximum Gasteiger partial charge on any atom is 0.107 e. The lowest BCUT2D eigenvalue weighted by Gasteiger charge is -2.31. The number of para-hydroxylation sites is 1. The molecule has 0 saturated heterocycles. The van der Waals surface area contributed by atoms with Crippen molar-refractivity contribution in [2.75, 3.05) is 11.4 Å². The maximum atomic E-state index is 5.90. The van der Waals surface area contributed by atoms with Crippen LogP contribution in [0.4, 0.5) is 5.69 Å². The molecule has 1 aromatic carbocycles. The second kappa shape index (κ2) is 6.18. The highest BCUT2D eigenvalue weighted by molar-refractivity contribution is 7.80. The van der Waals surface area contributed by atoms with Crippen LogP contribution in [-0.4, -0.2) is 22.6 Å². The Bertz CT molecular complexity index is 622. The van der Waals surface area contributed by atoms with Crippen LogP contribution in [0.1, 0.15) is 32.8 Å². The van der Waals surface area contributed by atoms with Gasteiger partial charge >= 0.3 is 0 Å². The van der Waals surface area contributed by atoms with E-state index in [-0.39, 0.29) is 0 Å². The molecular formula is C16H21N3S. The largest absolute Gasteiger partial charge is 0.389 e. The second-order valence-electron chi connectivity index (χ2n) is 5.19. The van der Waals surface area contributed by atoms with Gasteiger partial charge in [0.25, 0.3) is 0 Å². The Labute approximate surface area is 125 Å². The van der Waals surface area contributed by atoms with Crippen molar-refractivity contribution in [1.29, 1.82) is 0 Å². The van der Waals surface area contributed by atoms with Crippen molar-refractivity contribution in [2.24, 2.45) is 5.73 Å². The van der Waals surface area contributed by atoms with Crippen molar-refractivity contribution in [3.8, 4) is 0 Å². The zero-order valence-electron chi connectivity index (χ0n) is 12.3. The van der Waals surface area contributed by atoms with Crippen LogP contribution in [0.25, 0.3) is 10.9 Å². The number of fused-ring (bicyclic) bond motifs is 1. The number of benzene rings is 1. The van der Waals surface area contributed by atoms with E-state index in [9.17, 15) is 0 Å². The predicted octanol–water partition coefficient (Wildman–Crippen LogP) is 3.49. The smallest absolute Gasteiger partial charge is 0.107 e. The summed E-state index contributed by atoms with van der Waals surface area (Å²) in [4.78, 5) is 7.23. The number of hydrogen-bond donors (Lipinski definition) is 1. The maximum absolute atomic E-state index is 5.90. The van der Waals surface area contributed by atoms with Crippen molar-refractivity contribution in [1.82, 2.24) is 4.98 Å². The third-order valence-electron chi connectivity index (χ3n) is 3.39. The summed E-state index contributed by atoms with van der Waals surface area (Å²) < 4.78 is 0. The van der Waals surface area contributed by atoms with Gasteiger partial charge in [-0.05, 0) is 26.3 Å². The Hall–Kier alpha value is -1.68. The summed E-state index contributed by atoms with van der Waals surface area (Å²) in [6.45, 7) is 7.53. The van der Waals surface area contributed by atoms with E-state index in [1.165, 1.54) is 0 Å². The summed E-state index contributed by atoms with van der Waals surface area (Å²) in [6, 6.07) is 8.52. The first kappa shape index (κ1) is 14.7. The number of rotatable bonds is 5. The average Bonchev–Trinajstić information content (AvgIpc) is 2.43. The molecule has 0 aliphatic heterocycles. The molecule has 0 fully saturated rings. The zero-order chi connectivity index (χ0) is 14.7. The summed E-state index contributed by atoms with van der Waals surface area (Å²) in [5.74, 6) is 0. The number of nitrogens with two attached hydrogens (primary N) is 1. The highest BCUT2D eigenvalue weighted by Gasteiger charge is 2.18. The lowest BCUT2D eigenvalue weighted by atomic mass is 10.1. The summed E-state index contributed by atoms with van der Waals surface area (Å²) >= 11 is 5.21. The average molecular weight is 287 g/mol. The van der Waals surface area contributed by atoms with E-state index in [0.29, 0.717) is 11.0 Å². The fourth-order valence-electron chi connectivity index (χ4n) is 2.49. The van der Waals surface area contributed by atoms with Gasteiger partial charge < -0.3 is 10.6 Å². The first-order chi connectivity index (χ1) is 9.56. The minimum Gasteiger partial charge on any atom is -0.389 e. The SMILES string of the molecule is CCCN(c1c(C(N)=S)cnc2ccccc12)C(C)C. The zero-order valence-corrected chi connectivity index (χ0v) is 13.1. The molecule has 0 atom stereocenters. The molecule has 106 valence electrons. The highest BCUT2D eigenvalue weighted by atomic mass is 32.1. The molecule has 0 unspecified atom stereocenters. The van der Waals surface area contributed by atoms with Crippen molar-refractivity contribution < 1.29 is 0 Å². The van der Waals surface area contributed by atoms with Gasteiger partial charge in [-0.25, -0.2) is 0 Å². The van der Waals surface area contributed by atoms with Crippen LogP contribution in [0.5, 0.6) is 0 Å². The fourth-order valence-corrected chi connectivity index (χ4v) is 2.64. The molecule has 0 aliphatic rings. The summed E-state index contributed by atoms with van der Waals surface area (Å²) in [7, 11) is 0. The molecule has 20 heavy (non-hydrogen) atoms. The van der Waals surface area contributed by atoms with Crippen LogP contribution in [0.3, 0.4) is 0 Å². The van der Waals surface area contributed by atoms with Crippen LogP contribution in [0, 0.1) is 0 Å². The second-order valence-corrected chi connectivity index (χ2v) is 5.63. The fraction of sp³-hybridized carbons (Fsp3) is 0.375. The molecule has 0 aliphatic carbocycles. The van der Waals surface area contributed by atoms with Gasteiger partial charge in [-0.15, -0.1) is 0 Å². The Morgan fingerprint density at radius 1 is 1.35 bits per heavy atom. The third kappa shape index (κ3) is 2.75. The summed E-state index contributed by atoms with van der Waals surface area (Å²) in [5, 5.41) is 1.11. The Morgan fingerprint density at radius 3 is 2.65 bits per heavy atom. The monoisotopic (exact) mass is 287 g/mol. The first-order valence-electron chi connectivity index (χ1n) is 7.00. The topological polar surface area (TPSA) is 42.1 Å². The molecule has 1 heterocycles. The van der Waals surface area contributed by atoms with E-state index in [1.807, 2.05) is 18.2 Å². The minimum atomic E-state index is 0.383. The predicted molar refractivity (Wildman–Crippen MR) is 90.4 cm³/mol. The third-order valence-corrected chi connectivity index (χ3v) is 3.61. The van der Waals surface area contributed by atoms with Gasteiger partial charge in [0.2, 0.25) is 0 Å². The van der Waals surface area contributed by atoms with Gasteiger partial charge in [0.15, 0.2) is 0 Å². The van der Waals surface area contributed by atoms with Gasteiger partial charge in [-0.1, -0.05) is 37.3 Å². The van der Waals surface area contributed by atoms with Crippen molar-refractivity contribution in [3.05, 3.63) is 36.0 Å². The van der Waals surface area contributed by atoms with E-state index < -0.39 is 0 Å². The van der Waals surface area contributed by atoms with Crippen LogP contribution in [0.15, 0.2) is 30.5 Å². The van der Waals surface area contributed by atoms with Crippen LogP contribution < -0.4 is 10.6 Å². The molecule has 0 amide bonds. The van der Waals surface area contributed by atoms with E-state index >= 15 is 0 Å². The van der Waals surface area contributed by atoms with Gasteiger partial charge in [-0.2, -0.15) is 0 Å². The molecule has 2 rings (SSSR count). The molecule has 4 heteroatoms. The van der Waals surface area contributed by atoms with Crippen LogP contribution in [-0.2, 0) is 0 Å². The van der Waals surface area contributed by atoms with E-state index in [2.05, 4.69) is 36.7 Å². The highest BCUT2D eigenvalue weighted by Crippen LogP contribution is 2.31. The number of nitrogens with zero attached hydrogens (tertiary/aromatic N) is 2.